The number of nitrogens with one attached hydrogen (secondary N) is 1. The predicted molar refractivity (Wildman–Crippen MR) is 98.4 cm³/mol. The summed E-state index contributed by atoms with van der Waals surface area (Å²) in [5.41, 5.74) is 0.179. The van der Waals surface area contributed by atoms with Crippen molar-refractivity contribution in [1.29, 1.82) is 0 Å². The van der Waals surface area contributed by atoms with E-state index in [0.29, 0.717) is 13.1 Å². The lowest BCUT2D eigenvalue weighted by Crippen LogP contribution is -2.66. The average molecular weight is 362 g/mol. The van der Waals surface area contributed by atoms with Crippen LogP contribution in [0.4, 0.5) is 10.1 Å². The fraction of sp³-hybridized carbons (Fsp3) is 0.579. The maximum Gasteiger partial charge on any atom is 0.245 e. The molecule has 1 atom stereocenters. The molecule has 1 unspecified atom stereocenters. The predicted octanol–water partition coefficient (Wildman–Crippen LogP) is 1.07. The molecule has 2 heterocycles. The highest BCUT2D eigenvalue weighted by molar-refractivity contribution is 5.93. The minimum absolute atomic E-state index is 0.0000761. The fourth-order valence-corrected chi connectivity index (χ4v) is 3.69. The Morgan fingerprint density at radius 2 is 1.73 bits per heavy atom. The van der Waals surface area contributed by atoms with Crippen molar-refractivity contribution in [1.82, 2.24) is 15.1 Å². The highest BCUT2D eigenvalue weighted by Gasteiger charge is 2.42. The number of nitrogens with zero attached hydrogens (tertiary/aromatic N) is 3. The molecule has 0 saturated carbocycles. The van der Waals surface area contributed by atoms with Crippen LogP contribution >= 0.6 is 0 Å². The van der Waals surface area contributed by atoms with Gasteiger partial charge in [-0.2, -0.15) is 0 Å². The van der Waals surface area contributed by atoms with Crippen LogP contribution in [0.3, 0.4) is 0 Å². The summed E-state index contributed by atoms with van der Waals surface area (Å²) < 4.78 is 13.1. The van der Waals surface area contributed by atoms with Crippen LogP contribution in [0, 0.1) is 5.82 Å². The second-order valence-corrected chi connectivity index (χ2v) is 7.48. The van der Waals surface area contributed by atoms with Crippen LogP contribution in [0.2, 0.25) is 0 Å². The number of hydrogen-bond donors (Lipinski definition) is 1. The Morgan fingerprint density at radius 1 is 1.12 bits per heavy atom. The Labute approximate surface area is 153 Å². The summed E-state index contributed by atoms with van der Waals surface area (Å²) in [5.74, 6) is -0.342. The van der Waals surface area contributed by atoms with Crippen molar-refractivity contribution >= 4 is 17.5 Å². The highest BCUT2D eigenvalue weighted by atomic mass is 19.1. The van der Waals surface area contributed by atoms with E-state index in [-0.39, 0.29) is 23.7 Å². The summed E-state index contributed by atoms with van der Waals surface area (Å²) in [4.78, 5) is 31.2. The van der Waals surface area contributed by atoms with E-state index in [2.05, 4.69) is 15.1 Å². The van der Waals surface area contributed by atoms with Gasteiger partial charge in [-0.25, -0.2) is 4.39 Å². The van der Waals surface area contributed by atoms with Gasteiger partial charge in [-0.05, 0) is 45.0 Å². The third kappa shape index (κ3) is 3.53. The minimum atomic E-state index is -0.820. The first-order valence-electron chi connectivity index (χ1n) is 9.15. The molecular formula is C19H27FN4O2. The molecule has 6 nitrogen and oxygen atoms in total. The summed E-state index contributed by atoms with van der Waals surface area (Å²) in [5, 5.41) is 2.82. The van der Waals surface area contributed by atoms with E-state index in [0.717, 1.165) is 31.9 Å². The largest absolute Gasteiger partial charge is 0.369 e. The van der Waals surface area contributed by atoms with Gasteiger partial charge in [-0.15, -0.1) is 0 Å². The third-order valence-electron chi connectivity index (χ3n) is 5.53. The summed E-state index contributed by atoms with van der Waals surface area (Å²) in [7, 11) is 0. The number of hydrogen-bond acceptors (Lipinski definition) is 4. The number of halogens is 1. The molecule has 0 aliphatic carbocycles. The van der Waals surface area contributed by atoms with Crippen LogP contribution in [0.15, 0.2) is 24.3 Å². The van der Waals surface area contributed by atoms with Crippen LogP contribution in [0.1, 0.15) is 20.8 Å². The van der Waals surface area contributed by atoms with Gasteiger partial charge in [-0.1, -0.05) is 0 Å². The second-order valence-electron chi connectivity index (χ2n) is 7.48. The van der Waals surface area contributed by atoms with Crippen molar-refractivity contribution in [3.63, 3.8) is 0 Å². The molecule has 2 saturated heterocycles. The maximum atomic E-state index is 13.1. The van der Waals surface area contributed by atoms with Gasteiger partial charge >= 0.3 is 0 Å². The van der Waals surface area contributed by atoms with Crippen molar-refractivity contribution in [3.05, 3.63) is 30.1 Å². The molecule has 7 heteroatoms. The van der Waals surface area contributed by atoms with Gasteiger partial charge in [0, 0.05) is 45.0 Å². The maximum absolute atomic E-state index is 13.1. The van der Waals surface area contributed by atoms with Gasteiger partial charge in [0.05, 0.1) is 6.04 Å². The first-order valence-corrected chi connectivity index (χ1v) is 9.15. The van der Waals surface area contributed by atoms with Gasteiger partial charge in [0.1, 0.15) is 11.4 Å². The Hall–Kier alpha value is -2.15. The molecule has 26 heavy (non-hydrogen) atoms. The Morgan fingerprint density at radius 3 is 2.35 bits per heavy atom. The lowest BCUT2D eigenvalue weighted by atomic mass is 9.97. The standard InChI is InChI=1S/C19H27FN4O2/c1-14(17(25)24-9-8-21-18(26)19(24,2)3)22-10-12-23(13-11-22)16-6-4-15(20)5-7-16/h4-7,14H,8-13H2,1-3H3,(H,21,26). The molecule has 1 aromatic carbocycles. The number of amides is 2. The molecule has 2 amide bonds. The molecule has 1 N–H and O–H groups in total. The zero-order valence-corrected chi connectivity index (χ0v) is 15.7. The fourth-order valence-electron chi connectivity index (χ4n) is 3.69. The van der Waals surface area contributed by atoms with Crippen LogP contribution < -0.4 is 10.2 Å². The zero-order valence-electron chi connectivity index (χ0n) is 15.7. The molecule has 1 aromatic rings. The quantitative estimate of drug-likeness (QED) is 0.874. The molecule has 142 valence electrons. The SMILES string of the molecule is CC(C(=O)N1CCNC(=O)C1(C)C)N1CCN(c2ccc(F)cc2)CC1. The normalized spacial score (nSPS) is 22.1. The molecule has 2 fully saturated rings. The molecule has 0 radical (unpaired) electrons. The topological polar surface area (TPSA) is 55.9 Å². The first-order chi connectivity index (χ1) is 12.3. The van der Waals surface area contributed by atoms with Crippen molar-refractivity contribution < 1.29 is 14.0 Å². The van der Waals surface area contributed by atoms with E-state index in [1.54, 1.807) is 30.9 Å². The van der Waals surface area contributed by atoms with Crippen LogP contribution in [-0.2, 0) is 9.59 Å². The van der Waals surface area contributed by atoms with E-state index < -0.39 is 5.54 Å². The molecule has 0 spiro atoms. The molecule has 2 aliphatic heterocycles. The Balaban J connectivity index is 1.61. The summed E-state index contributed by atoms with van der Waals surface area (Å²) in [6.07, 6.45) is 0. The molecule has 0 aromatic heterocycles. The minimum Gasteiger partial charge on any atom is -0.369 e. The van der Waals surface area contributed by atoms with Crippen LogP contribution in [0.5, 0.6) is 0 Å². The monoisotopic (exact) mass is 362 g/mol. The van der Waals surface area contributed by atoms with Gasteiger partial charge in [0.2, 0.25) is 11.8 Å². The molecule has 2 aliphatic rings. The summed E-state index contributed by atoms with van der Waals surface area (Å²) in [6.45, 7) is 9.61. The molecule has 0 bridgehead atoms. The average Bonchev–Trinajstić information content (AvgIpc) is 2.63. The van der Waals surface area contributed by atoms with Gasteiger partial charge in [-0.3, -0.25) is 14.5 Å². The first kappa shape index (κ1) is 18.6. The van der Waals surface area contributed by atoms with E-state index in [9.17, 15) is 14.0 Å². The number of benzene rings is 1. The highest BCUT2D eigenvalue weighted by Crippen LogP contribution is 2.22. The smallest absolute Gasteiger partial charge is 0.245 e. The second kappa shape index (κ2) is 7.23. The Kier molecular flexibility index (Phi) is 5.18. The summed E-state index contributed by atoms with van der Waals surface area (Å²) >= 11 is 0. The van der Waals surface area contributed by atoms with Crippen LogP contribution in [0.25, 0.3) is 0 Å². The van der Waals surface area contributed by atoms with Crippen LogP contribution in [-0.4, -0.2) is 72.5 Å². The number of rotatable bonds is 3. The number of carbonyl (C=O) groups is 2. The number of piperazine rings is 2. The van der Waals surface area contributed by atoms with E-state index in [4.69, 9.17) is 0 Å². The Bertz CT molecular complexity index is 669. The zero-order chi connectivity index (χ0) is 18.9. The van der Waals surface area contributed by atoms with Gasteiger partial charge in [0.25, 0.3) is 0 Å². The van der Waals surface area contributed by atoms with E-state index >= 15 is 0 Å². The molecule has 3 rings (SSSR count). The lowest BCUT2D eigenvalue weighted by molar-refractivity contribution is -0.152. The van der Waals surface area contributed by atoms with Crippen molar-refractivity contribution in [2.24, 2.45) is 0 Å². The van der Waals surface area contributed by atoms with E-state index in [1.165, 1.54) is 12.1 Å². The van der Waals surface area contributed by atoms with Crippen molar-refractivity contribution in [3.8, 4) is 0 Å². The third-order valence-corrected chi connectivity index (χ3v) is 5.53. The van der Waals surface area contributed by atoms with Gasteiger partial charge in [0.15, 0.2) is 0 Å². The number of carbonyl (C=O) groups excluding carboxylic acids is 2. The number of anilines is 1. The van der Waals surface area contributed by atoms with Crippen molar-refractivity contribution in [2.75, 3.05) is 44.2 Å². The summed E-state index contributed by atoms with van der Waals surface area (Å²) in [6, 6.07) is 6.24. The van der Waals surface area contributed by atoms with Gasteiger partial charge < -0.3 is 15.1 Å². The van der Waals surface area contributed by atoms with E-state index in [1.807, 2.05) is 6.92 Å². The molecular weight excluding hydrogens is 335 g/mol. The van der Waals surface area contributed by atoms with Crippen molar-refractivity contribution in [2.45, 2.75) is 32.4 Å². The lowest BCUT2D eigenvalue weighted by Gasteiger charge is -2.45.